The van der Waals surface area contributed by atoms with Gasteiger partial charge in [-0.1, -0.05) is 18.2 Å². The normalized spacial score (nSPS) is 12.9. The molecule has 0 amide bonds. The van der Waals surface area contributed by atoms with Gasteiger partial charge in [0, 0.05) is 23.7 Å². The smallest absolute Gasteiger partial charge is 0.0796 e. The molecule has 3 heteroatoms. The molecule has 0 bridgehead atoms. The Labute approximate surface area is 99.9 Å². The summed E-state index contributed by atoms with van der Waals surface area (Å²) in [7, 11) is 0. The Hall–Kier alpha value is -1.12. The van der Waals surface area contributed by atoms with Crippen LogP contribution in [0.25, 0.3) is 10.8 Å². The van der Waals surface area contributed by atoms with Gasteiger partial charge in [-0.2, -0.15) is 0 Å². The van der Waals surface area contributed by atoms with Crippen LogP contribution in [0, 0.1) is 0 Å². The monoisotopic (exact) mass is 235 g/mol. The molecule has 0 saturated heterocycles. The van der Waals surface area contributed by atoms with Gasteiger partial charge in [0.25, 0.3) is 0 Å². The number of hydrogen-bond acceptors (Lipinski definition) is 2. The summed E-state index contributed by atoms with van der Waals surface area (Å²) in [5.74, 6) is 0.587. The molecule has 1 aromatic heterocycles. The van der Waals surface area contributed by atoms with E-state index in [1.807, 2.05) is 30.5 Å². The molecular weight excluding hydrogens is 222 g/mol. The van der Waals surface area contributed by atoms with Crippen LogP contribution in [0.4, 0.5) is 0 Å². The van der Waals surface area contributed by atoms with Crippen molar-refractivity contribution in [1.29, 1.82) is 0 Å². The van der Waals surface area contributed by atoms with E-state index in [2.05, 4.69) is 4.98 Å². The van der Waals surface area contributed by atoms with Gasteiger partial charge in [0.15, 0.2) is 0 Å². The second-order valence-electron chi connectivity index (χ2n) is 3.79. The van der Waals surface area contributed by atoms with E-state index >= 15 is 0 Å². The van der Waals surface area contributed by atoms with Crippen molar-refractivity contribution in [3.8, 4) is 0 Å². The van der Waals surface area contributed by atoms with E-state index in [0.29, 0.717) is 12.3 Å². The number of alkyl halides is 1. The average Bonchev–Trinajstić information content (AvgIpc) is 2.35. The third-order valence-corrected chi connectivity index (χ3v) is 2.95. The summed E-state index contributed by atoms with van der Waals surface area (Å²) in [5.41, 5.74) is 0.963. The molecule has 0 aliphatic carbocycles. The summed E-state index contributed by atoms with van der Waals surface area (Å²) in [5, 5.41) is 12.2. The highest BCUT2D eigenvalue weighted by atomic mass is 35.5. The molecule has 2 rings (SSSR count). The lowest BCUT2D eigenvalue weighted by molar-refractivity contribution is 0.168. The topological polar surface area (TPSA) is 33.1 Å². The largest absolute Gasteiger partial charge is 0.388 e. The number of rotatable bonds is 4. The number of halogens is 1. The molecule has 16 heavy (non-hydrogen) atoms. The van der Waals surface area contributed by atoms with Crippen LogP contribution in [-0.4, -0.2) is 16.0 Å². The van der Waals surface area contributed by atoms with Gasteiger partial charge in [-0.15, -0.1) is 11.6 Å². The van der Waals surface area contributed by atoms with E-state index in [1.165, 1.54) is 0 Å². The third-order valence-electron chi connectivity index (χ3n) is 2.68. The standard InChI is InChI=1S/C13H14ClNO/c14-7-2-5-13(16)12-4-1-3-10-9-15-8-6-11(10)12/h1,3-4,6,8-9,13,16H,2,5,7H2. The zero-order valence-electron chi connectivity index (χ0n) is 8.94. The van der Waals surface area contributed by atoms with E-state index in [4.69, 9.17) is 11.6 Å². The minimum absolute atomic E-state index is 0.440. The molecule has 1 aromatic carbocycles. The Morgan fingerprint density at radius 1 is 1.31 bits per heavy atom. The summed E-state index contributed by atoms with van der Waals surface area (Å²) in [6.45, 7) is 0. The molecule has 1 N–H and O–H groups in total. The van der Waals surface area contributed by atoms with Crippen molar-refractivity contribution in [2.24, 2.45) is 0 Å². The number of hydrogen-bond donors (Lipinski definition) is 1. The summed E-state index contributed by atoms with van der Waals surface area (Å²) in [6.07, 6.45) is 4.65. The number of aliphatic hydroxyl groups excluding tert-OH is 1. The lowest BCUT2D eigenvalue weighted by atomic mass is 9.99. The Kier molecular flexibility index (Phi) is 3.75. The van der Waals surface area contributed by atoms with Crippen molar-refractivity contribution in [1.82, 2.24) is 4.98 Å². The van der Waals surface area contributed by atoms with E-state index in [-0.39, 0.29) is 0 Å². The van der Waals surface area contributed by atoms with Crippen molar-refractivity contribution in [2.45, 2.75) is 18.9 Å². The number of pyridine rings is 1. The molecule has 0 aliphatic rings. The number of benzene rings is 1. The first-order valence-corrected chi connectivity index (χ1v) is 5.93. The van der Waals surface area contributed by atoms with Crippen LogP contribution >= 0.6 is 11.6 Å². The SMILES string of the molecule is OC(CCCCl)c1cccc2cnccc12. The van der Waals surface area contributed by atoms with Crippen LogP contribution in [0.1, 0.15) is 24.5 Å². The Balaban J connectivity index is 2.36. The molecule has 0 fully saturated rings. The van der Waals surface area contributed by atoms with Gasteiger partial charge in [-0.05, 0) is 29.9 Å². The van der Waals surface area contributed by atoms with Gasteiger partial charge in [0.1, 0.15) is 0 Å². The molecule has 1 unspecified atom stereocenters. The van der Waals surface area contributed by atoms with Crippen LogP contribution in [0.2, 0.25) is 0 Å². The number of aromatic nitrogens is 1. The van der Waals surface area contributed by atoms with Gasteiger partial charge >= 0.3 is 0 Å². The average molecular weight is 236 g/mol. The zero-order chi connectivity index (χ0) is 11.4. The van der Waals surface area contributed by atoms with Crippen LogP contribution in [-0.2, 0) is 0 Å². The predicted molar refractivity (Wildman–Crippen MR) is 66.7 cm³/mol. The second-order valence-corrected chi connectivity index (χ2v) is 4.17. The maximum Gasteiger partial charge on any atom is 0.0796 e. The lowest BCUT2D eigenvalue weighted by Crippen LogP contribution is -1.98. The number of aliphatic hydroxyl groups is 1. The number of nitrogens with zero attached hydrogens (tertiary/aromatic N) is 1. The first kappa shape index (κ1) is 11.4. The van der Waals surface area contributed by atoms with Crippen molar-refractivity contribution in [2.75, 3.05) is 5.88 Å². The maximum absolute atomic E-state index is 10.1. The predicted octanol–water partition coefficient (Wildman–Crippen LogP) is 3.29. The summed E-state index contributed by atoms with van der Waals surface area (Å²) < 4.78 is 0. The lowest BCUT2D eigenvalue weighted by Gasteiger charge is -2.12. The van der Waals surface area contributed by atoms with Crippen LogP contribution in [0.5, 0.6) is 0 Å². The van der Waals surface area contributed by atoms with Gasteiger partial charge in [-0.3, -0.25) is 4.98 Å². The minimum atomic E-state index is -0.440. The maximum atomic E-state index is 10.1. The van der Waals surface area contributed by atoms with Gasteiger partial charge < -0.3 is 5.11 Å². The van der Waals surface area contributed by atoms with Crippen molar-refractivity contribution < 1.29 is 5.11 Å². The summed E-state index contributed by atoms with van der Waals surface area (Å²) >= 11 is 5.63. The van der Waals surface area contributed by atoms with Crippen LogP contribution in [0.3, 0.4) is 0 Å². The van der Waals surface area contributed by atoms with E-state index in [9.17, 15) is 5.11 Å². The highest BCUT2D eigenvalue weighted by Gasteiger charge is 2.10. The molecular formula is C13H14ClNO. The van der Waals surface area contributed by atoms with Gasteiger partial charge in [0.05, 0.1) is 6.10 Å². The molecule has 1 heterocycles. The fraction of sp³-hybridized carbons (Fsp3) is 0.308. The molecule has 84 valence electrons. The fourth-order valence-electron chi connectivity index (χ4n) is 1.86. The Bertz CT molecular complexity index is 467. The van der Waals surface area contributed by atoms with Crippen molar-refractivity contribution >= 4 is 22.4 Å². The molecule has 0 radical (unpaired) electrons. The van der Waals surface area contributed by atoms with Gasteiger partial charge in [-0.25, -0.2) is 0 Å². The quantitative estimate of drug-likeness (QED) is 0.825. The molecule has 0 aliphatic heterocycles. The third kappa shape index (κ3) is 2.34. The van der Waals surface area contributed by atoms with Gasteiger partial charge in [0.2, 0.25) is 0 Å². The summed E-state index contributed by atoms with van der Waals surface area (Å²) in [4.78, 5) is 4.07. The second kappa shape index (κ2) is 5.28. The first-order chi connectivity index (χ1) is 7.83. The summed E-state index contributed by atoms with van der Waals surface area (Å²) in [6, 6.07) is 7.85. The molecule has 0 spiro atoms. The van der Waals surface area contributed by atoms with Crippen LogP contribution < -0.4 is 0 Å². The van der Waals surface area contributed by atoms with E-state index in [1.54, 1.807) is 6.20 Å². The Morgan fingerprint density at radius 3 is 3.00 bits per heavy atom. The Morgan fingerprint density at radius 2 is 2.19 bits per heavy atom. The zero-order valence-corrected chi connectivity index (χ0v) is 9.69. The van der Waals surface area contributed by atoms with Crippen molar-refractivity contribution in [3.63, 3.8) is 0 Å². The molecule has 2 aromatic rings. The number of fused-ring (bicyclic) bond motifs is 1. The highest BCUT2D eigenvalue weighted by Crippen LogP contribution is 2.26. The van der Waals surface area contributed by atoms with Crippen molar-refractivity contribution in [3.05, 3.63) is 42.2 Å². The highest BCUT2D eigenvalue weighted by molar-refractivity contribution is 6.17. The molecule has 2 nitrogen and oxygen atoms in total. The molecule has 0 saturated carbocycles. The fourth-order valence-corrected chi connectivity index (χ4v) is 2.02. The minimum Gasteiger partial charge on any atom is -0.388 e. The molecule has 1 atom stereocenters. The van der Waals surface area contributed by atoms with E-state index < -0.39 is 6.10 Å². The first-order valence-electron chi connectivity index (χ1n) is 5.39. The van der Waals surface area contributed by atoms with E-state index in [0.717, 1.165) is 22.8 Å². The van der Waals surface area contributed by atoms with Crippen LogP contribution in [0.15, 0.2) is 36.7 Å².